The van der Waals surface area contributed by atoms with Crippen molar-refractivity contribution in [1.82, 2.24) is 9.55 Å². The van der Waals surface area contributed by atoms with E-state index in [9.17, 15) is 22.4 Å². The van der Waals surface area contributed by atoms with Crippen LogP contribution >= 0.6 is 0 Å². The smallest absolute Gasteiger partial charge is 0.432 e. The number of rotatable bonds is 7. The van der Waals surface area contributed by atoms with E-state index in [0.717, 1.165) is 11.6 Å². The predicted molar refractivity (Wildman–Crippen MR) is 130 cm³/mol. The summed E-state index contributed by atoms with van der Waals surface area (Å²) in [7, 11) is 1.59. The second-order valence-electron chi connectivity index (χ2n) is 7.99. The Bertz CT molecular complexity index is 1410. The van der Waals surface area contributed by atoms with Crippen LogP contribution in [0.15, 0.2) is 88.2 Å². The summed E-state index contributed by atoms with van der Waals surface area (Å²) in [5, 5.41) is 0. The molecular weight excluding hydrogens is 476 g/mol. The van der Waals surface area contributed by atoms with E-state index in [-0.39, 0.29) is 39.6 Å². The van der Waals surface area contributed by atoms with Crippen LogP contribution in [0.25, 0.3) is 11.1 Å². The third-order valence-electron chi connectivity index (χ3n) is 5.47. The minimum Gasteiger partial charge on any atom is -0.438 e. The highest BCUT2D eigenvalue weighted by Crippen LogP contribution is 2.27. The second kappa shape index (κ2) is 10.6. The van der Waals surface area contributed by atoms with Crippen molar-refractivity contribution >= 4 is 5.71 Å². The zero-order valence-corrected chi connectivity index (χ0v) is 19.9. The molecule has 0 saturated heterocycles. The van der Waals surface area contributed by atoms with Gasteiger partial charge in [-0.25, -0.2) is 14.4 Å². The Labute approximate surface area is 205 Å². The second-order valence-corrected chi connectivity index (χ2v) is 7.99. The van der Waals surface area contributed by atoms with Crippen LogP contribution < -0.4 is 16.0 Å². The Morgan fingerprint density at radius 2 is 1.83 bits per heavy atom. The standard InChI is InChI=1S/C26H24F4N4O2/c1-15(16(2)33-17(3)26(28,29)30)24(31)36-22-11-10-19(13-21(22)27)20-14-32-23(34(4)25(20)35)12-18-8-6-5-7-9-18/h5-11,13-14H,3,12,31H2,1-2,4H3/b24-15+,33-16-. The molecule has 0 fully saturated rings. The fourth-order valence-electron chi connectivity index (χ4n) is 3.19. The summed E-state index contributed by atoms with van der Waals surface area (Å²) in [5.41, 5.74) is 5.61. The summed E-state index contributed by atoms with van der Waals surface area (Å²) in [4.78, 5) is 20.7. The van der Waals surface area contributed by atoms with E-state index in [1.807, 2.05) is 30.3 Å². The Morgan fingerprint density at radius 3 is 2.44 bits per heavy atom. The van der Waals surface area contributed by atoms with Crippen LogP contribution in [0, 0.1) is 5.82 Å². The van der Waals surface area contributed by atoms with Crippen LogP contribution in [0.4, 0.5) is 17.6 Å². The van der Waals surface area contributed by atoms with E-state index in [2.05, 4.69) is 16.6 Å². The molecule has 0 unspecified atom stereocenters. The van der Waals surface area contributed by atoms with Gasteiger partial charge in [-0.15, -0.1) is 0 Å². The number of benzene rings is 2. The monoisotopic (exact) mass is 500 g/mol. The first-order valence-electron chi connectivity index (χ1n) is 10.7. The SMILES string of the molecule is C=C(/N=C(C)\C(C)=C(/N)Oc1ccc(-c2cnc(Cc3ccccc3)n(C)c2=O)cc1F)C(F)(F)F. The van der Waals surface area contributed by atoms with E-state index < -0.39 is 17.7 Å². The number of aliphatic imine (C=N–C) groups is 1. The molecule has 0 aliphatic heterocycles. The van der Waals surface area contributed by atoms with Gasteiger partial charge in [0.1, 0.15) is 11.5 Å². The molecule has 0 radical (unpaired) electrons. The minimum atomic E-state index is -4.69. The van der Waals surface area contributed by atoms with E-state index >= 15 is 0 Å². The molecule has 0 atom stereocenters. The molecule has 0 amide bonds. The first kappa shape index (κ1) is 26.4. The van der Waals surface area contributed by atoms with Gasteiger partial charge in [0.15, 0.2) is 17.4 Å². The summed E-state index contributed by atoms with van der Waals surface area (Å²) < 4.78 is 59.5. The molecule has 2 N–H and O–H groups in total. The van der Waals surface area contributed by atoms with Crippen molar-refractivity contribution in [3.8, 4) is 16.9 Å². The summed E-state index contributed by atoms with van der Waals surface area (Å²) in [5.74, 6) is -0.883. The molecule has 2 aromatic carbocycles. The van der Waals surface area contributed by atoms with Crippen molar-refractivity contribution < 1.29 is 22.3 Å². The molecule has 0 aliphatic carbocycles. The maximum absolute atomic E-state index is 14.8. The summed E-state index contributed by atoms with van der Waals surface area (Å²) in [6.07, 6.45) is -2.84. The molecule has 6 nitrogen and oxygen atoms in total. The largest absolute Gasteiger partial charge is 0.438 e. The molecule has 10 heteroatoms. The van der Waals surface area contributed by atoms with Crippen molar-refractivity contribution in [2.24, 2.45) is 17.8 Å². The van der Waals surface area contributed by atoms with Crippen LogP contribution in [0.2, 0.25) is 0 Å². The Hall–Kier alpha value is -4.21. The van der Waals surface area contributed by atoms with Crippen LogP contribution in [0.1, 0.15) is 25.2 Å². The zero-order chi connectivity index (χ0) is 26.6. The van der Waals surface area contributed by atoms with Crippen LogP contribution in [-0.4, -0.2) is 21.4 Å². The number of aromatic nitrogens is 2. The number of nitrogens with two attached hydrogens (primary N) is 1. The van der Waals surface area contributed by atoms with Crippen molar-refractivity contribution in [2.75, 3.05) is 0 Å². The third kappa shape index (κ3) is 6.07. The average molecular weight is 500 g/mol. The lowest BCUT2D eigenvalue weighted by Gasteiger charge is -2.13. The molecule has 3 aromatic rings. The number of halogens is 4. The molecule has 1 aromatic heterocycles. The first-order chi connectivity index (χ1) is 16.9. The molecule has 0 saturated carbocycles. The topological polar surface area (TPSA) is 82.5 Å². The van der Waals surface area contributed by atoms with E-state index in [4.69, 9.17) is 10.5 Å². The molecule has 0 bridgehead atoms. The molecule has 188 valence electrons. The van der Waals surface area contributed by atoms with Crippen molar-refractivity contribution in [1.29, 1.82) is 0 Å². The third-order valence-corrected chi connectivity index (χ3v) is 5.47. The molecule has 0 aliphatic rings. The average Bonchev–Trinajstić information content (AvgIpc) is 2.83. The van der Waals surface area contributed by atoms with E-state index in [1.54, 1.807) is 7.05 Å². The van der Waals surface area contributed by atoms with Crippen LogP contribution in [0.5, 0.6) is 5.75 Å². The first-order valence-corrected chi connectivity index (χ1v) is 10.7. The van der Waals surface area contributed by atoms with Gasteiger partial charge < -0.3 is 10.5 Å². The Morgan fingerprint density at radius 1 is 1.17 bits per heavy atom. The summed E-state index contributed by atoms with van der Waals surface area (Å²) in [6.45, 7) is 5.56. The quantitative estimate of drug-likeness (QED) is 0.272. The zero-order valence-electron chi connectivity index (χ0n) is 19.9. The summed E-state index contributed by atoms with van der Waals surface area (Å²) >= 11 is 0. The fourth-order valence-corrected chi connectivity index (χ4v) is 3.19. The van der Waals surface area contributed by atoms with Gasteiger partial charge in [0.05, 0.1) is 5.56 Å². The van der Waals surface area contributed by atoms with Gasteiger partial charge >= 0.3 is 6.18 Å². The lowest BCUT2D eigenvalue weighted by molar-refractivity contribution is -0.0919. The predicted octanol–water partition coefficient (Wildman–Crippen LogP) is 5.28. The maximum atomic E-state index is 14.8. The Balaban J connectivity index is 1.84. The minimum absolute atomic E-state index is 0.0796. The van der Waals surface area contributed by atoms with Crippen molar-refractivity contribution in [2.45, 2.75) is 26.4 Å². The number of allylic oxidation sites excluding steroid dienone is 2. The molecule has 1 heterocycles. The van der Waals surface area contributed by atoms with Crippen LogP contribution in [-0.2, 0) is 13.5 Å². The van der Waals surface area contributed by atoms with E-state index in [1.165, 1.54) is 36.7 Å². The number of ether oxygens (including phenoxy) is 1. The molecular formula is C26H24F4N4O2. The maximum Gasteiger partial charge on any atom is 0.432 e. The number of nitrogens with zero attached hydrogens (tertiary/aromatic N) is 3. The number of hydrogen-bond donors (Lipinski definition) is 1. The van der Waals surface area contributed by atoms with Gasteiger partial charge in [0.25, 0.3) is 5.56 Å². The molecule has 36 heavy (non-hydrogen) atoms. The Kier molecular flexibility index (Phi) is 7.77. The van der Waals surface area contributed by atoms with Gasteiger partial charge in [0.2, 0.25) is 0 Å². The van der Waals surface area contributed by atoms with Gasteiger partial charge in [-0.05, 0) is 37.1 Å². The lowest BCUT2D eigenvalue weighted by Crippen LogP contribution is -2.23. The van der Waals surface area contributed by atoms with Gasteiger partial charge in [-0.3, -0.25) is 9.36 Å². The fraction of sp³-hybridized carbons (Fsp3) is 0.192. The molecule has 3 rings (SSSR count). The highest BCUT2D eigenvalue weighted by atomic mass is 19.4. The highest BCUT2D eigenvalue weighted by Gasteiger charge is 2.32. The number of hydrogen-bond acceptors (Lipinski definition) is 5. The molecule has 0 spiro atoms. The van der Waals surface area contributed by atoms with Gasteiger partial charge in [-0.2, -0.15) is 13.2 Å². The summed E-state index contributed by atoms with van der Waals surface area (Å²) in [6, 6.07) is 13.4. The lowest BCUT2D eigenvalue weighted by atomic mass is 10.1. The number of alkyl halides is 3. The van der Waals surface area contributed by atoms with Crippen molar-refractivity contribution in [3.05, 3.63) is 106 Å². The van der Waals surface area contributed by atoms with Crippen molar-refractivity contribution in [3.63, 3.8) is 0 Å². The highest BCUT2D eigenvalue weighted by molar-refractivity contribution is 5.98. The van der Waals surface area contributed by atoms with Gasteiger partial charge in [0, 0.05) is 31.0 Å². The van der Waals surface area contributed by atoms with Crippen LogP contribution in [0.3, 0.4) is 0 Å². The van der Waals surface area contributed by atoms with E-state index in [0.29, 0.717) is 12.2 Å². The normalized spacial score (nSPS) is 12.8. The van der Waals surface area contributed by atoms with Gasteiger partial charge in [-0.1, -0.05) is 43.0 Å².